The number of likely N-dealkylation sites (tertiary alicyclic amines) is 2. The van der Waals surface area contributed by atoms with E-state index >= 15 is 0 Å². The van der Waals surface area contributed by atoms with E-state index in [1.807, 2.05) is 4.90 Å². The molecular formula is C14H25N3O3. The fourth-order valence-corrected chi connectivity index (χ4v) is 3.12. The average Bonchev–Trinajstić information content (AvgIpc) is 2.82. The summed E-state index contributed by atoms with van der Waals surface area (Å²) in [6.07, 6.45) is 2.97. The van der Waals surface area contributed by atoms with Crippen molar-refractivity contribution in [3.63, 3.8) is 0 Å². The summed E-state index contributed by atoms with van der Waals surface area (Å²) >= 11 is 0. The first-order valence-corrected chi connectivity index (χ1v) is 7.47. The van der Waals surface area contributed by atoms with Gasteiger partial charge in [0.15, 0.2) is 0 Å². The Kier molecular flexibility index (Phi) is 5.23. The molecule has 2 heterocycles. The number of nitrogens with zero attached hydrogens (tertiary/aromatic N) is 2. The van der Waals surface area contributed by atoms with Gasteiger partial charge >= 0.3 is 12.0 Å². The van der Waals surface area contributed by atoms with Crippen molar-refractivity contribution in [3.8, 4) is 0 Å². The standard InChI is InChI=1S/C14H25N3O3/c1-16-5-2-12(10-16)9-15-14(20)17-6-3-11(4-7-17)8-13(18)19/h11-12H,2-10H2,1H3,(H,15,20)(H,18,19). The Morgan fingerprint density at radius 3 is 2.35 bits per heavy atom. The third kappa shape index (κ3) is 4.37. The van der Waals surface area contributed by atoms with Crippen LogP contribution >= 0.6 is 0 Å². The SMILES string of the molecule is CN1CCC(CNC(=O)N2CCC(CC(=O)O)CC2)C1. The number of amides is 2. The molecule has 1 unspecified atom stereocenters. The van der Waals surface area contributed by atoms with E-state index in [4.69, 9.17) is 5.11 Å². The number of urea groups is 1. The molecule has 20 heavy (non-hydrogen) atoms. The van der Waals surface area contributed by atoms with E-state index in [1.54, 1.807) is 0 Å². The monoisotopic (exact) mass is 283 g/mol. The zero-order chi connectivity index (χ0) is 14.5. The first-order chi connectivity index (χ1) is 9.54. The molecule has 2 amide bonds. The van der Waals surface area contributed by atoms with Crippen molar-refractivity contribution in [2.75, 3.05) is 39.8 Å². The highest BCUT2D eigenvalue weighted by Gasteiger charge is 2.25. The topological polar surface area (TPSA) is 72.9 Å². The van der Waals surface area contributed by atoms with Crippen LogP contribution in [0.4, 0.5) is 4.79 Å². The molecule has 2 aliphatic rings. The number of aliphatic carboxylic acids is 1. The molecule has 2 aliphatic heterocycles. The maximum atomic E-state index is 12.1. The van der Waals surface area contributed by atoms with Gasteiger partial charge in [-0.2, -0.15) is 0 Å². The van der Waals surface area contributed by atoms with Crippen molar-refractivity contribution in [1.29, 1.82) is 0 Å². The molecule has 2 saturated heterocycles. The van der Waals surface area contributed by atoms with Crippen LogP contribution in [0.25, 0.3) is 0 Å². The van der Waals surface area contributed by atoms with Crippen LogP contribution in [0.2, 0.25) is 0 Å². The number of carbonyl (C=O) groups is 2. The maximum absolute atomic E-state index is 12.1. The number of carboxylic acids is 1. The molecule has 0 spiro atoms. The molecule has 2 N–H and O–H groups in total. The normalized spacial score (nSPS) is 24.9. The number of piperidine rings is 1. The van der Waals surface area contributed by atoms with Crippen molar-refractivity contribution in [2.24, 2.45) is 11.8 Å². The minimum Gasteiger partial charge on any atom is -0.481 e. The second kappa shape index (κ2) is 6.92. The van der Waals surface area contributed by atoms with Crippen LogP contribution in [0, 0.1) is 11.8 Å². The predicted molar refractivity (Wildman–Crippen MR) is 75.6 cm³/mol. The average molecular weight is 283 g/mol. The molecule has 6 heteroatoms. The maximum Gasteiger partial charge on any atom is 0.317 e. The van der Waals surface area contributed by atoms with Gasteiger partial charge in [0.05, 0.1) is 0 Å². The summed E-state index contributed by atoms with van der Waals surface area (Å²) in [4.78, 5) is 26.8. The van der Waals surface area contributed by atoms with E-state index in [2.05, 4.69) is 17.3 Å². The second-order valence-corrected chi connectivity index (χ2v) is 6.13. The van der Waals surface area contributed by atoms with Gasteiger partial charge in [0.1, 0.15) is 0 Å². The van der Waals surface area contributed by atoms with Crippen LogP contribution in [-0.2, 0) is 4.79 Å². The van der Waals surface area contributed by atoms with Gasteiger partial charge in [-0.1, -0.05) is 0 Å². The Hall–Kier alpha value is -1.30. The van der Waals surface area contributed by atoms with Gasteiger partial charge in [-0.25, -0.2) is 4.79 Å². The predicted octanol–water partition coefficient (Wildman–Crippen LogP) is 0.834. The van der Waals surface area contributed by atoms with Gasteiger partial charge in [0.25, 0.3) is 0 Å². The van der Waals surface area contributed by atoms with E-state index < -0.39 is 5.97 Å². The van der Waals surface area contributed by atoms with Crippen LogP contribution in [0.5, 0.6) is 0 Å². The van der Waals surface area contributed by atoms with Crippen LogP contribution in [0.15, 0.2) is 0 Å². The number of hydrogen-bond acceptors (Lipinski definition) is 3. The van der Waals surface area contributed by atoms with Gasteiger partial charge in [-0.05, 0) is 44.7 Å². The van der Waals surface area contributed by atoms with Gasteiger partial charge in [-0.15, -0.1) is 0 Å². The lowest BCUT2D eigenvalue weighted by Crippen LogP contribution is -2.46. The number of carboxylic acid groups (broad SMARTS) is 1. The fourth-order valence-electron chi connectivity index (χ4n) is 3.12. The third-order valence-corrected chi connectivity index (χ3v) is 4.40. The van der Waals surface area contributed by atoms with Crippen molar-refractivity contribution in [2.45, 2.75) is 25.7 Å². The lowest BCUT2D eigenvalue weighted by Gasteiger charge is -2.31. The van der Waals surface area contributed by atoms with Crippen molar-refractivity contribution < 1.29 is 14.7 Å². The van der Waals surface area contributed by atoms with Gasteiger partial charge in [0, 0.05) is 32.6 Å². The highest BCUT2D eigenvalue weighted by atomic mass is 16.4. The first kappa shape index (κ1) is 15.1. The number of hydrogen-bond donors (Lipinski definition) is 2. The van der Waals surface area contributed by atoms with Gasteiger partial charge < -0.3 is 20.2 Å². The Balaban J connectivity index is 1.65. The Bertz CT molecular complexity index is 354. The summed E-state index contributed by atoms with van der Waals surface area (Å²) in [5.41, 5.74) is 0. The lowest BCUT2D eigenvalue weighted by atomic mass is 9.94. The number of carbonyl (C=O) groups excluding carboxylic acids is 1. The van der Waals surface area contributed by atoms with Crippen molar-refractivity contribution >= 4 is 12.0 Å². The quantitative estimate of drug-likeness (QED) is 0.802. The zero-order valence-corrected chi connectivity index (χ0v) is 12.2. The Morgan fingerprint density at radius 1 is 1.15 bits per heavy atom. The smallest absolute Gasteiger partial charge is 0.317 e. The molecule has 0 saturated carbocycles. The van der Waals surface area contributed by atoms with E-state index in [1.165, 1.54) is 0 Å². The van der Waals surface area contributed by atoms with E-state index in [9.17, 15) is 9.59 Å². The molecule has 0 aromatic rings. The third-order valence-electron chi connectivity index (χ3n) is 4.40. The van der Waals surface area contributed by atoms with Crippen LogP contribution < -0.4 is 5.32 Å². The van der Waals surface area contributed by atoms with Crippen molar-refractivity contribution in [1.82, 2.24) is 15.1 Å². The van der Waals surface area contributed by atoms with Gasteiger partial charge in [0.2, 0.25) is 0 Å². The van der Waals surface area contributed by atoms with E-state index in [-0.39, 0.29) is 18.4 Å². The summed E-state index contributed by atoms with van der Waals surface area (Å²) in [6.45, 7) is 4.27. The zero-order valence-electron chi connectivity index (χ0n) is 12.2. The second-order valence-electron chi connectivity index (χ2n) is 6.13. The molecule has 2 fully saturated rings. The fraction of sp³-hybridized carbons (Fsp3) is 0.857. The molecule has 0 bridgehead atoms. The highest BCUT2D eigenvalue weighted by molar-refractivity contribution is 5.74. The molecule has 0 radical (unpaired) electrons. The van der Waals surface area contributed by atoms with Crippen LogP contribution in [0.1, 0.15) is 25.7 Å². The summed E-state index contributed by atoms with van der Waals surface area (Å²) in [5.74, 6) is 0.0479. The molecular weight excluding hydrogens is 258 g/mol. The largest absolute Gasteiger partial charge is 0.481 e. The molecule has 0 aromatic heterocycles. The minimum atomic E-state index is -0.738. The summed E-state index contributed by atoms with van der Waals surface area (Å²) in [5, 5.41) is 11.8. The lowest BCUT2D eigenvalue weighted by molar-refractivity contribution is -0.138. The molecule has 0 aliphatic carbocycles. The van der Waals surface area contributed by atoms with E-state index in [0.717, 1.165) is 38.9 Å². The van der Waals surface area contributed by atoms with Crippen LogP contribution in [-0.4, -0.2) is 66.7 Å². The molecule has 1 atom stereocenters. The Morgan fingerprint density at radius 2 is 1.80 bits per heavy atom. The van der Waals surface area contributed by atoms with E-state index in [0.29, 0.717) is 19.0 Å². The van der Waals surface area contributed by atoms with Crippen LogP contribution in [0.3, 0.4) is 0 Å². The summed E-state index contributed by atoms with van der Waals surface area (Å²) in [7, 11) is 2.11. The minimum absolute atomic E-state index is 0.00771. The molecule has 0 aromatic carbocycles. The molecule has 2 rings (SSSR count). The number of nitrogens with one attached hydrogen (secondary N) is 1. The van der Waals surface area contributed by atoms with Gasteiger partial charge in [-0.3, -0.25) is 4.79 Å². The number of rotatable bonds is 4. The first-order valence-electron chi connectivity index (χ1n) is 7.47. The Labute approximate surface area is 120 Å². The highest BCUT2D eigenvalue weighted by Crippen LogP contribution is 2.20. The molecule has 6 nitrogen and oxygen atoms in total. The summed E-state index contributed by atoms with van der Waals surface area (Å²) in [6, 6.07) is 0.00771. The van der Waals surface area contributed by atoms with Crippen molar-refractivity contribution in [3.05, 3.63) is 0 Å². The summed E-state index contributed by atoms with van der Waals surface area (Å²) < 4.78 is 0. The molecule has 114 valence electrons.